The molecular weight excluding hydrogens is 160 g/mol. The van der Waals surface area contributed by atoms with E-state index < -0.39 is 0 Å². The molecule has 1 heteroatoms. The van der Waals surface area contributed by atoms with Crippen molar-refractivity contribution in [1.29, 1.82) is 0 Å². The highest BCUT2D eigenvalue weighted by Crippen LogP contribution is 2.07. The monoisotopic (exact) mass is 170 g/mol. The molecule has 0 aliphatic rings. The van der Waals surface area contributed by atoms with Crippen LogP contribution in [0.1, 0.15) is 11.1 Å². The molecule has 2 rings (SSSR count). The maximum absolute atomic E-state index is 4.95. The fourth-order valence-electron chi connectivity index (χ4n) is 1.13. The van der Waals surface area contributed by atoms with Crippen molar-refractivity contribution < 1.29 is 4.42 Å². The minimum absolute atomic E-state index is 1.09. The first-order valence-corrected chi connectivity index (χ1v) is 4.20. The number of hydrogen-bond acceptors (Lipinski definition) is 1. The van der Waals surface area contributed by atoms with Gasteiger partial charge in [-0.1, -0.05) is 42.5 Å². The molecule has 1 aromatic heterocycles. The fourth-order valence-corrected chi connectivity index (χ4v) is 1.13. The van der Waals surface area contributed by atoms with Gasteiger partial charge in [0.1, 0.15) is 0 Å². The minimum Gasteiger partial charge on any atom is -0.472 e. The number of furan rings is 1. The van der Waals surface area contributed by atoms with Crippen molar-refractivity contribution in [3.8, 4) is 0 Å². The van der Waals surface area contributed by atoms with Gasteiger partial charge in [-0.05, 0) is 11.6 Å². The maximum Gasteiger partial charge on any atom is 0.0974 e. The van der Waals surface area contributed by atoms with E-state index >= 15 is 0 Å². The lowest BCUT2D eigenvalue weighted by Crippen LogP contribution is -1.67. The summed E-state index contributed by atoms with van der Waals surface area (Å²) in [5.74, 6) is 0. The second kappa shape index (κ2) is 3.76. The second-order valence-electron chi connectivity index (χ2n) is 2.80. The topological polar surface area (TPSA) is 13.1 Å². The Morgan fingerprint density at radius 1 is 0.846 bits per heavy atom. The van der Waals surface area contributed by atoms with Gasteiger partial charge in [-0.2, -0.15) is 0 Å². The van der Waals surface area contributed by atoms with Gasteiger partial charge in [0, 0.05) is 5.56 Å². The van der Waals surface area contributed by atoms with E-state index in [-0.39, 0.29) is 0 Å². The van der Waals surface area contributed by atoms with E-state index in [0.29, 0.717) is 0 Å². The summed E-state index contributed by atoms with van der Waals surface area (Å²) in [7, 11) is 0. The molecule has 1 aromatic carbocycles. The van der Waals surface area contributed by atoms with E-state index in [1.54, 1.807) is 12.5 Å². The third-order valence-electron chi connectivity index (χ3n) is 1.81. The van der Waals surface area contributed by atoms with Crippen LogP contribution in [-0.2, 0) is 0 Å². The summed E-state index contributed by atoms with van der Waals surface area (Å²) >= 11 is 0. The van der Waals surface area contributed by atoms with Crippen LogP contribution in [-0.4, -0.2) is 0 Å². The zero-order valence-corrected chi connectivity index (χ0v) is 7.18. The van der Waals surface area contributed by atoms with Crippen molar-refractivity contribution >= 4 is 12.2 Å². The van der Waals surface area contributed by atoms with Crippen LogP contribution < -0.4 is 0 Å². The van der Waals surface area contributed by atoms with Crippen LogP contribution in [0, 0.1) is 0 Å². The van der Waals surface area contributed by atoms with Gasteiger partial charge in [-0.25, -0.2) is 0 Å². The van der Waals surface area contributed by atoms with E-state index in [9.17, 15) is 0 Å². The summed E-state index contributed by atoms with van der Waals surface area (Å²) in [5.41, 5.74) is 2.28. The standard InChI is InChI=1S/C12H10O/c1-2-4-11(5-3-1)6-7-12-8-9-13-10-12/h1-10H/b7-6+. The van der Waals surface area contributed by atoms with Crippen LogP contribution in [0.4, 0.5) is 0 Å². The zero-order chi connectivity index (χ0) is 8.93. The lowest BCUT2D eigenvalue weighted by Gasteiger charge is -1.89. The van der Waals surface area contributed by atoms with E-state index in [1.807, 2.05) is 30.3 Å². The molecule has 64 valence electrons. The molecule has 2 aromatic rings. The largest absolute Gasteiger partial charge is 0.472 e. The van der Waals surface area contributed by atoms with Crippen molar-refractivity contribution in [3.05, 3.63) is 60.1 Å². The Balaban J connectivity index is 2.15. The van der Waals surface area contributed by atoms with Crippen molar-refractivity contribution in [2.45, 2.75) is 0 Å². The fraction of sp³-hybridized carbons (Fsp3) is 0. The second-order valence-corrected chi connectivity index (χ2v) is 2.80. The summed E-state index contributed by atoms with van der Waals surface area (Å²) in [4.78, 5) is 0. The summed E-state index contributed by atoms with van der Waals surface area (Å²) in [6, 6.07) is 12.1. The Hall–Kier alpha value is -1.76. The van der Waals surface area contributed by atoms with Crippen LogP contribution in [0.25, 0.3) is 12.2 Å². The highest BCUT2D eigenvalue weighted by Gasteiger charge is 1.86. The molecule has 0 bridgehead atoms. The summed E-state index contributed by atoms with van der Waals surface area (Å²) < 4.78 is 4.95. The lowest BCUT2D eigenvalue weighted by atomic mass is 10.2. The smallest absolute Gasteiger partial charge is 0.0974 e. The first kappa shape index (κ1) is 7.87. The Morgan fingerprint density at radius 3 is 2.31 bits per heavy atom. The van der Waals surface area contributed by atoms with E-state index in [1.165, 1.54) is 5.56 Å². The summed E-state index contributed by atoms with van der Waals surface area (Å²) in [6.45, 7) is 0. The summed E-state index contributed by atoms with van der Waals surface area (Å²) in [5, 5.41) is 0. The summed E-state index contributed by atoms with van der Waals surface area (Å²) in [6.07, 6.45) is 7.48. The van der Waals surface area contributed by atoms with E-state index in [2.05, 4.69) is 18.2 Å². The van der Waals surface area contributed by atoms with Gasteiger partial charge in [-0.3, -0.25) is 0 Å². The molecule has 0 aliphatic heterocycles. The van der Waals surface area contributed by atoms with Crippen molar-refractivity contribution in [1.82, 2.24) is 0 Å². The van der Waals surface area contributed by atoms with Gasteiger partial charge in [-0.15, -0.1) is 0 Å². The first-order chi connectivity index (χ1) is 6.45. The molecule has 0 atom stereocenters. The first-order valence-electron chi connectivity index (χ1n) is 4.20. The van der Waals surface area contributed by atoms with Crippen LogP contribution in [0.3, 0.4) is 0 Å². The van der Waals surface area contributed by atoms with Crippen molar-refractivity contribution in [2.75, 3.05) is 0 Å². The van der Waals surface area contributed by atoms with Crippen LogP contribution in [0.15, 0.2) is 53.3 Å². The molecule has 1 nitrogen and oxygen atoms in total. The Bertz CT molecular complexity index is 371. The molecule has 0 N–H and O–H groups in total. The third-order valence-corrected chi connectivity index (χ3v) is 1.81. The number of benzene rings is 1. The van der Waals surface area contributed by atoms with Gasteiger partial charge in [0.05, 0.1) is 12.5 Å². The number of hydrogen-bond donors (Lipinski definition) is 0. The highest BCUT2D eigenvalue weighted by atomic mass is 16.3. The predicted octanol–water partition coefficient (Wildman–Crippen LogP) is 3.45. The Kier molecular flexibility index (Phi) is 2.28. The molecule has 0 unspecified atom stereocenters. The van der Waals surface area contributed by atoms with Gasteiger partial charge in [0.2, 0.25) is 0 Å². The molecule has 0 saturated heterocycles. The van der Waals surface area contributed by atoms with Gasteiger partial charge in [0.15, 0.2) is 0 Å². The Morgan fingerprint density at radius 2 is 1.62 bits per heavy atom. The third kappa shape index (κ3) is 2.09. The van der Waals surface area contributed by atoms with E-state index in [4.69, 9.17) is 4.42 Å². The lowest BCUT2D eigenvalue weighted by molar-refractivity contribution is 0.567. The van der Waals surface area contributed by atoms with Crippen LogP contribution in [0.2, 0.25) is 0 Å². The average Bonchev–Trinajstić information content (AvgIpc) is 2.69. The van der Waals surface area contributed by atoms with Gasteiger partial charge >= 0.3 is 0 Å². The normalized spacial score (nSPS) is 10.8. The van der Waals surface area contributed by atoms with Crippen LogP contribution in [0.5, 0.6) is 0 Å². The van der Waals surface area contributed by atoms with Gasteiger partial charge < -0.3 is 4.42 Å². The molecule has 0 spiro atoms. The molecular formula is C12H10O. The molecule has 0 amide bonds. The molecule has 0 aliphatic carbocycles. The molecule has 0 radical (unpaired) electrons. The average molecular weight is 170 g/mol. The Labute approximate surface area is 77.3 Å². The molecule has 0 saturated carbocycles. The predicted molar refractivity (Wildman–Crippen MR) is 54.1 cm³/mol. The van der Waals surface area contributed by atoms with Gasteiger partial charge in [0.25, 0.3) is 0 Å². The maximum atomic E-state index is 4.95. The minimum atomic E-state index is 1.09. The van der Waals surface area contributed by atoms with Crippen molar-refractivity contribution in [2.24, 2.45) is 0 Å². The van der Waals surface area contributed by atoms with Crippen molar-refractivity contribution in [3.63, 3.8) is 0 Å². The van der Waals surface area contributed by atoms with Crippen LogP contribution >= 0.6 is 0 Å². The molecule has 0 fully saturated rings. The van der Waals surface area contributed by atoms with E-state index in [0.717, 1.165) is 5.56 Å². The zero-order valence-electron chi connectivity index (χ0n) is 7.18. The quantitative estimate of drug-likeness (QED) is 0.672. The number of rotatable bonds is 2. The SMILES string of the molecule is C(=C\c1ccoc1)/c1ccccc1. The highest BCUT2D eigenvalue weighted by molar-refractivity contribution is 5.68. The molecule has 13 heavy (non-hydrogen) atoms. The molecule has 1 heterocycles.